The Bertz CT molecular complexity index is 747. The number of carbonyl (C=O) groups excluding carboxylic acids is 1. The molecule has 0 radical (unpaired) electrons. The number of para-hydroxylation sites is 1. The molecule has 2 aromatic rings. The van der Waals surface area contributed by atoms with Crippen LogP contribution in [-0.4, -0.2) is 12.0 Å². The van der Waals surface area contributed by atoms with Crippen LogP contribution in [-0.2, 0) is 11.0 Å². The van der Waals surface area contributed by atoms with Gasteiger partial charge in [0.15, 0.2) is 6.10 Å². The van der Waals surface area contributed by atoms with Crippen molar-refractivity contribution in [2.75, 3.05) is 5.32 Å². The molecule has 1 N–H and O–H groups in total. The van der Waals surface area contributed by atoms with Crippen LogP contribution in [0.4, 0.5) is 18.9 Å². The van der Waals surface area contributed by atoms with Crippen molar-refractivity contribution in [3.63, 3.8) is 0 Å². The minimum Gasteiger partial charge on any atom is -0.481 e. The second-order valence-electron chi connectivity index (χ2n) is 5.20. The molecule has 0 bridgehead atoms. The average Bonchev–Trinajstić information content (AvgIpc) is 2.50. The number of halogens is 4. The Hall–Kier alpha value is -2.21. The summed E-state index contributed by atoms with van der Waals surface area (Å²) >= 11 is 5.61. The van der Waals surface area contributed by atoms with Gasteiger partial charge in [0.2, 0.25) is 0 Å². The van der Waals surface area contributed by atoms with E-state index in [4.69, 9.17) is 16.3 Å². The fourth-order valence-corrected chi connectivity index (χ4v) is 2.20. The number of aryl methyl sites for hydroxylation is 1. The first-order chi connectivity index (χ1) is 11.2. The average molecular weight is 358 g/mol. The Balaban J connectivity index is 2.16. The number of alkyl halides is 3. The minimum atomic E-state index is -4.63. The summed E-state index contributed by atoms with van der Waals surface area (Å²) in [6.45, 7) is 3.27. The second kappa shape index (κ2) is 7.13. The molecule has 0 heterocycles. The van der Waals surface area contributed by atoms with Gasteiger partial charge >= 0.3 is 6.18 Å². The zero-order valence-electron chi connectivity index (χ0n) is 12.9. The number of ether oxygens (including phenoxy) is 1. The van der Waals surface area contributed by atoms with Gasteiger partial charge in [0.25, 0.3) is 5.91 Å². The molecule has 0 aliphatic heterocycles. The van der Waals surface area contributed by atoms with Gasteiger partial charge in [0.1, 0.15) is 5.75 Å². The van der Waals surface area contributed by atoms with Crippen molar-refractivity contribution in [2.24, 2.45) is 0 Å². The molecular formula is C17H15ClF3NO2. The van der Waals surface area contributed by atoms with Crippen LogP contribution in [0.2, 0.25) is 5.02 Å². The summed E-state index contributed by atoms with van der Waals surface area (Å²) in [6, 6.07) is 10.2. The lowest BCUT2D eigenvalue weighted by atomic mass is 10.1. The van der Waals surface area contributed by atoms with E-state index in [2.05, 4.69) is 5.32 Å². The maximum atomic E-state index is 13.0. The summed E-state index contributed by atoms with van der Waals surface area (Å²) < 4.78 is 44.6. The molecule has 1 amide bonds. The van der Waals surface area contributed by atoms with Crippen LogP contribution >= 0.6 is 11.6 Å². The Morgan fingerprint density at radius 1 is 1.21 bits per heavy atom. The van der Waals surface area contributed by atoms with Crippen LogP contribution in [0.25, 0.3) is 0 Å². The van der Waals surface area contributed by atoms with Crippen molar-refractivity contribution >= 4 is 23.2 Å². The van der Waals surface area contributed by atoms with Crippen LogP contribution in [0.15, 0.2) is 42.5 Å². The highest BCUT2D eigenvalue weighted by atomic mass is 35.5. The van der Waals surface area contributed by atoms with Crippen molar-refractivity contribution in [1.29, 1.82) is 0 Å². The third-order valence-corrected chi connectivity index (χ3v) is 3.55. The van der Waals surface area contributed by atoms with Crippen molar-refractivity contribution in [2.45, 2.75) is 26.1 Å². The van der Waals surface area contributed by atoms with E-state index >= 15 is 0 Å². The smallest absolute Gasteiger partial charge is 0.418 e. The number of anilines is 1. The molecule has 0 spiro atoms. The molecule has 0 saturated heterocycles. The number of carbonyl (C=O) groups is 1. The predicted molar refractivity (Wildman–Crippen MR) is 86.4 cm³/mol. The van der Waals surface area contributed by atoms with Crippen LogP contribution < -0.4 is 10.1 Å². The molecule has 3 nitrogen and oxygen atoms in total. The quantitative estimate of drug-likeness (QED) is 0.829. The minimum absolute atomic E-state index is 0.0652. The van der Waals surface area contributed by atoms with Crippen LogP contribution in [0, 0.1) is 6.92 Å². The first-order valence-corrected chi connectivity index (χ1v) is 7.46. The maximum absolute atomic E-state index is 13.0. The summed E-state index contributed by atoms with van der Waals surface area (Å²) in [7, 11) is 0. The van der Waals surface area contributed by atoms with Crippen LogP contribution in [0.3, 0.4) is 0 Å². The van der Waals surface area contributed by atoms with Crippen LogP contribution in [0.5, 0.6) is 5.75 Å². The van der Waals surface area contributed by atoms with E-state index in [0.29, 0.717) is 5.75 Å². The zero-order valence-corrected chi connectivity index (χ0v) is 13.7. The van der Waals surface area contributed by atoms with Crippen molar-refractivity contribution in [3.05, 3.63) is 58.6 Å². The second-order valence-corrected chi connectivity index (χ2v) is 5.64. The Kier molecular flexibility index (Phi) is 5.39. The lowest BCUT2D eigenvalue weighted by molar-refractivity contribution is -0.137. The SMILES string of the molecule is Cc1ccccc1O[C@H](C)C(=O)Nc1ccc(Cl)cc1C(F)(F)F. The summed E-state index contributed by atoms with van der Waals surface area (Å²) in [4.78, 5) is 12.2. The Morgan fingerprint density at radius 2 is 1.88 bits per heavy atom. The van der Waals surface area contributed by atoms with Gasteiger partial charge in [-0.2, -0.15) is 13.2 Å². The molecule has 0 aliphatic carbocycles. The van der Waals surface area contributed by atoms with Gasteiger partial charge in [-0.3, -0.25) is 4.79 Å². The molecule has 2 aromatic carbocycles. The number of rotatable bonds is 4. The van der Waals surface area contributed by atoms with E-state index in [0.717, 1.165) is 17.7 Å². The van der Waals surface area contributed by atoms with Crippen molar-refractivity contribution in [1.82, 2.24) is 0 Å². The van der Waals surface area contributed by atoms with E-state index < -0.39 is 23.8 Å². The molecule has 0 fully saturated rings. The van der Waals surface area contributed by atoms with Gasteiger partial charge in [0, 0.05) is 5.02 Å². The van der Waals surface area contributed by atoms with E-state index in [1.54, 1.807) is 25.1 Å². The monoisotopic (exact) mass is 357 g/mol. The van der Waals surface area contributed by atoms with E-state index in [1.807, 2.05) is 6.07 Å². The summed E-state index contributed by atoms with van der Waals surface area (Å²) in [5.74, 6) is -0.196. The van der Waals surface area contributed by atoms with Gasteiger partial charge in [-0.05, 0) is 43.7 Å². The zero-order chi connectivity index (χ0) is 17.9. The number of amides is 1. The fraction of sp³-hybridized carbons (Fsp3) is 0.235. The van der Waals surface area contributed by atoms with E-state index in [1.165, 1.54) is 13.0 Å². The van der Waals surface area contributed by atoms with Crippen LogP contribution in [0.1, 0.15) is 18.1 Å². The van der Waals surface area contributed by atoms with Gasteiger partial charge in [0.05, 0.1) is 11.3 Å². The third kappa shape index (κ3) is 4.41. The summed E-state index contributed by atoms with van der Waals surface area (Å²) in [5, 5.41) is 2.18. The fourth-order valence-electron chi connectivity index (χ4n) is 2.03. The highest BCUT2D eigenvalue weighted by molar-refractivity contribution is 6.30. The van der Waals surface area contributed by atoms with E-state index in [9.17, 15) is 18.0 Å². The number of hydrogen-bond donors (Lipinski definition) is 1. The van der Waals surface area contributed by atoms with Gasteiger partial charge < -0.3 is 10.1 Å². The standard InChI is InChI=1S/C17H15ClF3NO2/c1-10-5-3-4-6-15(10)24-11(2)16(23)22-14-8-7-12(18)9-13(14)17(19,20)21/h3-9,11H,1-2H3,(H,22,23)/t11-/m1/s1. The predicted octanol–water partition coefficient (Wildman–Crippen LogP) is 5.07. The lowest BCUT2D eigenvalue weighted by Gasteiger charge is -2.18. The first-order valence-electron chi connectivity index (χ1n) is 7.08. The Labute approximate surface area is 142 Å². The molecule has 128 valence electrons. The lowest BCUT2D eigenvalue weighted by Crippen LogP contribution is -2.31. The van der Waals surface area contributed by atoms with E-state index in [-0.39, 0.29) is 10.7 Å². The normalized spacial score (nSPS) is 12.6. The number of hydrogen-bond acceptors (Lipinski definition) is 2. The Morgan fingerprint density at radius 3 is 2.50 bits per heavy atom. The first kappa shape index (κ1) is 18.1. The highest BCUT2D eigenvalue weighted by Gasteiger charge is 2.34. The molecule has 0 aliphatic rings. The molecule has 24 heavy (non-hydrogen) atoms. The van der Waals surface area contributed by atoms with Gasteiger partial charge in [-0.25, -0.2) is 0 Å². The molecule has 0 aromatic heterocycles. The van der Waals surface area contributed by atoms with Crippen molar-refractivity contribution in [3.8, 4) is 5.75 Å². The third-order valence-electron chi connectivity index (χ3n) is 3.31. The molecule has 7 heteroatoms. The molecule has 0 saturated carbocycles. The molecule has 1 atom stereocenters. The number of nitrogens with one attached hydrogen (secondary N) is 1. The maximum Gasteiger partial charge on any atom is 0.418 e. The molecule has 2 rings (SSSR count). The molecule has 0 unspecified atom stereocenters. The summed E-state index contributed by atoms with van der Waals surface area (Å²) in [5.41, 5.74) is -0.553. The highest BCUT2D eigenvalue weighted by Crippen LogP contribution is 2.36. The summed E-state index contributed by atoms with van der Waals surface area (Å²) in [6.07, 6.45) is -5.60. The van der Waals surface area contributed by atoms with Gasteiger partial charge in [-0.15, -0.1) is 0 Å². The topological polar surface area (TPSA) is 38.3 Å². The largest absolute Gasteiger partial charge is 0.481 e. The van der Waals surface area contributed by atoms with Crippen molar-refractivity contribution < 1.29 is 22.7 Å². The number of benzene rings is 2. The van der Waals surface area contributed by atoms with Gasteiger partial charge in [-0.1, -0.05) is 29.8 Å². The molecular weight excluding hydrogens is 343 g/mol.